The number of rotatable bonds is 6. The largest absolute Gasteiger partial charge is 0.487 e. The minimum atomic E-state index is -0.471. The van der Waals surface area contributed by atoms with Gasteiger partial charge in [0.05, 0.1) is 24.5 Å². The molecule has 0 aliphatic heterocycles. The van der Waals surface area contributed by atoms with E-state index in [0.717, 1.165) is 33.5 Å². The van der Waals surface area contributed by atoms with E-state index in [4.69, 9.17) is 14.5 Å². The van der Waals surface area contributed by atoms with Gasteiger partial charge in [-0.2, -0.15) is 5.10 Å². The molecule has 0 unspecified atom stereocenters. The molecule has 0 atom stereocenters. The van der Waals surface area contributed by atoms with E-state index in [1.165, 1.54) is 13.3 Å². The summed E-state index contributed by atoms with van der Waals surface area (Å²) in [5.74, 6) is 0.836. The lowest BCUT2D eigenvalue weighted by Crippen LogP contribution is -2.26. The van der Waals surface area contributed by atoms with Crippen LogP contribution >= 0.6 is 0 Å². The number of aromatic nitrogens is 3. The Bertz CT molecular complexity index is 1550. The van der Waals surface area contributed by atoms with Crippen molar-refractivity contribution >= 4 is 28.2 Å². The lowest BCUT2D eigenvalue weighted by Gasteiger charge is -2.22. The number of carbonyl (C=O) groups excluding carboxylic acids is 1. The number of pyridine rings is 2. The second kappa shape index (κ2) is 9.34. The van der Waals surface area contributed by atoms with Crippen molar-refractivity contribution < 1.29 is 14.3 Å². The Hall–Kier alpha value is -4.39. The van der Waals surface area contributed by atoms with Crippen LogP contribution in [-0.2, 0) is 11.3 Å². The number of ether oxygens (including phenoxy) is 2. The van der Waals surface area contributed by atoms with E-state index in [1.807, 2.05) is 72.8 Å². The molecule has 0 saturated heterocycles. The molecular formula is C29H28N4O3. The van der Waals surface area contributed by atoms with Crippen LogP contribution in [0.25, 0.3) is 27.7 Å². The lowest BCUT2D eigenvalue weighted by molar-refractivity contribution is 0.0602. The van der Waals surface area contributed by atoms with Crippen molar-refractivity contribution in [2.45, 2.75) is 32.9 Å². The van der Waals surface area contributed by atoms with Gasteiger partial charge >= 0.3 is 5.97 Å². The average Bonchev–Trinajstić information content (AvgIpc) is 3.32. The predicted octanol–water partition coefficient (Wildman–Crippen LogP) is 6.13. The van der Waals surface area contributed by atoms with Crippen molar-refractivity contribution in [2.24, 2.45) is 0 Å². The first kappa shape index (κ1) is 23.4. The first-order chi connectivity index (χ1) is 17.3. The van der Waals surface area contributed by atoms with Crippen LogP contribution in [0, 0.1) is 0 Å². The molecule has 0 amide bonds. The van der Waals surface area contributed by atoms with Crippen molar-refractivity contribution in [1.29, 1.82) is 0 Å². The van der Waals surface area contributed by atoms with E-state index in [1.54, 1.807) is 4.52 Å². The summed E-state index contributed by atoms with van der Waals surface area (Å²) in [5.41, 5.74) is 4.36. The molecule has 0 spiro atoms. The van der Waals surface area contributed by atoms with Crippen LogP contribution in [0.5, 0.6) is 5.75 Å². The molecule has 36 heavy (non-hydrogen) atoms. The molecule has 0 aliphatic rings. The molecule has 1 N–H and O–H groups in total. The Morgan fingerprint density at radius 1 is 1.00 bits per heavy atom. The maximum atomic E-state index is 12.6. The van der Waals surface area contributed by atoms with Crippen molar-refractivity contribution in [2.75, 3.05) is 12.4 Å². The SMILES string of the molecule is COC(=O)c1cnn2c(-c3cc(NC(C)(C)C)nc4ccccc34)ccc(OCc3ccccc3)c12. The van der Waals surface area contributed by atoms with Crippen molar-refractivity contribution in [3.63, 3.8) is 0 Å². The molecule has 5 aromatic rings. The quantitative estimate of drug-likeness (QED) is 0.295. The second-order valence-electron chi connectivity index (χ2n) is 9.61. The summed E-state index contributed by atoms with van der Waals surface area (Å²) in [5, 5.41) is 9.04. The molecule has 0 aliphatic carbocycles. The van der Waals surface area contributed by atoms with Crippen LogP contribution in [-0.4, -0.2) is 33.2 Å². The first-order valence-electron chi connectivity index (χ1n) is 11.8. The number of carbonyl (C=O) groups is 1. The van der Waals surface area contributed by atoms with Gasteiger partial charge in [0.15, 0.2) is 0 Å². The monoisotopic (exact) mass is 480 g/mol. The number of anilines is 1. The van der Waals surface area contributed by atoms with Crippen molar-refractivity contribution in [3.05, 3.63) is 90.1 Å². The number of methoxy groups -OCH3 is 1. The van der Waals surface area contributed by atoms with Crippen molar-refractivity contribution in [3.8, 4) is 17.0 Å². The molecule has 5 rings (SSSR count). The zero-order valence-electron chi connectivity index (χ0n) is 20.8. The number of nitrogens with zero attached hydrogens (tertiary/aromatic N) is 3. The van der Waals surface area contributed by atoms with Crippen LogP contribution in [0.3, 0.4) is 0 Å². The molecule has 0 saturated carbocycles. The molecule has 0 radical (unpaired) electrons. The zero-order chi connectivity index (χ0) is 25.3. The Morgan fingerprint density at radius 2 is 1.75 bits per heavy atom. The minimum absolute atomic E-state index is 0.166. The van der Waals surface area contributed by atoms with Crippen LogP contribution in [0.4, 0.5) is 5.82 Å². The summed E-state index contributed by atoms with van der Waals surface area (Å²) >= 11 is 0. The average molecular weight is 481 g/mol. The molecule has 2 aromatic carbocycles. The van der Waals surface area contributed by atoms with Gasteiger partial charge in [-0.15, -0.1) is 0 Å². The number of nitrogens with one attached hydrogen (secondary N) is 1. The second-order valence-corrected chi connectivity index (χ2v) is 9.61. The Morgan fingerprint density at radius 3 is 2.50 bits per heavy atom. The molecular weight excluding hydrogens is 452 g/mol. The number of para-hydroxylation sites is 1. The summed E-state index contributed by atoms with van der Waals surface area (Å²) < 4.78 is 13.0. The highest BCUT2D eigenvalue weighted by Gasteiger charge is 2.22. The summed E-state index contributed by atoms with van der Waals surface area (Å²) in [6.45, 7) is 6.64. The maximum absolute atomic E-state index is 12.6. The number of benzene rings is 2. The highest BCUT2D eigenvalue weighted by molar-refractivity contribution is 6.00. The van der Waals surface area contributed by atoms with Gasteiger partial charge in [-0.1, -0.05) is 48.5 Å². The van der Waals surface area contributed by atoms with Gasteiger partial charge in [-0.05, 0) is 50.6 Å². The van der Waals surface area contributed by atoms with Gasteiger partial charge < -0.3 is 14.8 Å². The van der Waals surface area contributed by atoms with Crippen LogP contribution in [0.1, 0.15) is 36.7 Å². The smallest absolute Gasteiger partial charge is 0.341 e. The van der Waals surface area contributed by atoms with E-state index in [9.17, 15) is 4.79 Å². The third kappa shape index (κ3) is 4.60. The van der Waals surface area contributed by atoms with Gasteiger partial charge in [0, 0.05) is 16.5 Å². The molecule has 7 nitrogen and oxygen atoms in total. The van der Waals surface area contributed by atoms with Crippen LogP contribution in [0.15, 0.2) is 79.0 Å². The first-order valence-corrected chi connectivity index (χ1v) is 11.8. The predicted molar refractivity (Wildman–Crippen MR) is 141 cm³/mol. The highest BCUT2D eigenvalue weighted by Crippen LogP contribution is 2.35. The summed E-state index contributed by atoms with van der Waals surface area (Å²) in [6.07, 6.45) is 1.53. The Balaban J connectivity index is 1.69. The third-order valence-electron chi connectivity index (χ3n) is 5.76. The van der Waals surface area contributed by atoms with Crippen LogP contribution in [0.2, 0.25) is 0 Å². The Kier molecular flexibility index (Phi) is 6.06. The maximum Gasteiger partial charge on any atom is 0.341 e. The van der Waals surface area contributed by atoms with Gasteiger partial charge in [0.1, 0.15) is 29.3 Å². The molecule has 3 heterocycles. The van der Waals surface area contributed by atoms with E-state index in [2.05, 4.69) is 31.2 Å². The Labute approximate surface area is 209 Å². The summed E-state index contributed by atoms with van der Waals surface area (Å²) in [6, 6.07) is 23.7. The normalized spacial score (nSPS) is 11.6. The fourth-order valence-corrected chi connectivity index (χ4v) is 4.22. The highest BCUT2D eigenvalue weighted by atomic mass is 16.5. The molecule has 0 fully saturated rings. The van der Waals surface area contributed by atoms with Gasteiger partial charge in [-0.3, -0.25) is 0 Å². The van der Waals surface area contributed by atoms with Gasteiger partial charge in [0.2, 0.25) is 0 Å². The van der Waals surface area contributed by atoms with Gasteiger partial charge in [0.25, 0.3) is 0 Å². The minimum Gasteiger partial charge on any atom is -0.487 e. The third-order valence-corrected chi connectivity index (χ3v) is 5.76. The van der Waals surface area contributed by atoms with E-state index >= 15 is 0 Å². The molecule has 7 heteroatoms. The lowest BCUT2D eigenvalue weighted by atomic mass is 10.0. The summed E-state index contributed by atoms with van der Waals surface area (Å²) in [4.78, 5) is 17.4. The molecule has 0 bridgehead atoms. The fourth-order valence-electron chi connectivity index (χ4n) is 4.22. The fraction of sp³-hybridized carbons (Fsp3) is 0.207. The number of fused-ring (bicyclic) bond motifs is 2. The van der Waals surface area contributed by atoms with E-state index in [0.29, 0.717) is 23.4 Å². The van der Waals surface area contributed by atoms with Crippen LogP contribution < -0.4 is 10.1 Å². The van der Waals surface area contributed by atoms with E-state index < -0.39 is 5.97 Å². The number of hydrogen-bond donors (Lipinski definition) is 1. The van der Waals surface area contributed by atoms with E-state index in [-0.39, 0.29) is 5.54 Å². The topological polar surface area (TPSA) is 77.8 Å². The summed E-state index contributed by atoms with van der Waals surface area (Å²) in [7, 11) is 1.36. The van der Waals surface area contributed by atoms with Crippen molar-refractivity contribution in [1.82, 2.24) is 14.6 Å². The standard InChI is InChI=1S/C29H28N4O3/c1-29(2,3)32-26-16-21(20-12-8-9-13-23(20)31-26)24-14-15-25(36-18-19-10-6-5-7-11-19)27-22(28(34)35-4)17-30-33(24)27/h5-17H,18H2,1-4H3,(H,31,32). The number of esters is 1. The molecule has 3 aromatic heterocycles. The number of hydrogen-bond acceptors (Lipinski definition) is 6. The zero-order valence-corrected chi connectivity index (χ0v) is 20.8. The van der Waals surface area contributed by atoms with Gasteiger partial charge in [-0.25, -0.2) is 14.3 Å². The molecule has 182 valence electrons.